The van der Waals surface area contributed by atoms with Gasteiger partial charge >= 0.3 is 29.6 Å². The van der Waals surface area contributed by atoms with Gasteiger partial charge < -0.3 is 9.66 Å². The van der Waals surface area contributed by atoms with Crippen LogP contribution in [0.4, 0.5) is 0 Å². The van der Waals surface area contributed by atoms with Crippen LogP contribution in [0.25, 0.3) is 0 Å². The summed E-state index contributed by atoms with van der Waals surface area (Å²) in [7, 11) is -4.66. The van der Waals surface area contributed by atoms with Gasteiger partial charge in [0.05, 0.1) is 0 Å². The van der Waals surface area contributed by atoms with E-state index in [1.165, 1.54) is 38.5 Å². The van der Waals surface area contributed by atoms with Crippen LogP contribution < -0.4 is 29.6 Å². The average molecular weight is 387 g/mol. The van der Waals surface area contributed by atoms with Crippen molar-refractivity contribution < 1.29 is 47.6 Å². The minimum absolute atomic E-state index is 0. The van der Waals surface area contributed by atoms with E-state index in [1.54, 1.807) is 0 Å². The second kappa shape index (κ2) is 17.0. The van der Waals surface area contributed by atoms with E-state index < -0.39 is 15.1 Å². The Kier molecular flexibility index (Phi) is 19.1. The number of aliphatic hydroxyl groups is 1. The summed E-state index contributed by atoms with van der Waals surface area (Å²) in [5.41, 5.74) is 0. The summed E-state index contributed by atoms with van der Waals surface area (Å²) in [6, 6.07) is 0. The molecule has 146 valence electrons. The largest absolute Gasteiger partial charge is 1.00 e. The van der Waals surface area contributed by atoms with E-state index in [0.717, 1.165) is 38.5 Å². The Bertz CT molecular complexity index is 387. The fourth-order valence-electron chi connectivity index (χ4n) is 3.09. The second-order valence-corrected chi connectivity index (χ2v) is 8.81. The number of hydrogen-bond acceptors (Lipinski definition) is 4. The summed E-state index contributed by atoms with van der Waals surface area (Å²) in [6.45, 7) is 4.29. The predicted octanol–water partition coefficient (Wildman–Crippen LogP) is 2.51. The fourth-order valence-corrected chi connectivity index (χ4v) is 3.88. The molecule has 0 aliphatic heterocycles. The van der Waals surface area contributed by atoms with Crippen molar-refractivity contribution >= 4 is 10.1 Å². The van der Waals surface area contributed by atoms with Gasteiger partial charge in [-0.05, 0) is 25.7 Å². The van der Waals surface area contributed by atoms with Crippen molar-refractivity contribution in [1.82, 2.24) is 0 Å². The van der Waals surface area contributed by atoms with E-state index >= 15 is 0 Å². The Morgan fingerprint density at radius 2 is 0.960 bits per heavy atom. The first kappa shape index (κ1) is 28.1. The molecule has 1 atom stereocenters. The molecule has 0 fully saturated rings. The maximum atomic E-state index is 11.4. The van der Waals surface area contributed by atoms with E-state index in [9.17, 15) is 18.1 Å². The molecule has 0 heterocycles. The Balaban J connectivity index is 0. The van der Waals surface area contributed by atoms with Crippen molar-refractivity contribution in [3.8, 4) is 0 Å². The van der Waals surface area contributed by atoms with Crippen molar-refractivity contribution in [2.75, 3.05) is 0 Å². The summed E-state index contributed by atoms with van der Waals surface area (Å²) in [6.07, 6.45) is 15.1. The zero-order chi connectivity index (χ0) is 18.3. The molecule has 0 aliphatic rings. The first-order valence-electron chi connectivity index (χ1n) is 10.0. The van der Waals surface area contributed by atoms with Gasteiger partial charge in [0.25, 0.3) is 0 Å². The van der Waals surface area contributed by atoms with Gasteiger partial charge in [-0.1, -0.05) is 90.9 Å². The molecule has 0 aromatic rings. The Labute approximate surface area is 178 Å². The van der Waals surface area contributed by atoms with Crippen LogP contribution in [0.1, 0.15) is 117 Å². The molecule has 0 aromatic heterocycles. The summed E-state index contributed by atoms with van der Waals surface area (Å²) in [5.74, 6) is 0. The Hall–Kier alpha value is 0.870. The van der Waals surface area contributed by atoms with E-state index in [2.05, 4.69) is 13.8 Å². The molecule has 0 saturated heterocycles. The van der Waals surface area contributed by atoms with Gasteiger partial charge in [0, 0.05) is 0 Å². The maximum absolute atomic E-state index is 11.4. The number of rotatable bonds is 17. The van der Waals surface area contributed by atoms with Crippen LogP contribution in [0.5, 0.6) is 0 Å². The third-order valence-electron chi connectivity index (χ3n) is 4.81. The third-order valence-corrected chi connectivity index (χ3v) is 6.15. The van der Waals surface area contributed by atoms with Crippen molar-refractivity contribution in [1.29, 1.82) is 0 Å². The predicted molar refractivity (Wildman–Crippen MR) is 99.9 cm³/mol. The monoisotopic (exact) mass is 386 g/mol. The molecule has 1 unspecified atom stereocenters. The van der Waals surface area contributed by atoms with Gasteiger partial charge in [-0.3, -0.25) is 0 Å². The average Bonchev–Trinajstić information content (AvgIpc) is 2.52. The molecule has 25 heavy (non-hydrogen) atoms. The molecular formula is C19H39NaO4S. The number of hydrogen-bond donors (Lipinski definition) is 1. The minimum Gasteiger partial charge on any atom is -0.746 e. The molecule has 0 amide bonds. The Morgan fingerprint density at radius 3 is 1.28 bits per heavy atom. The summed E-state index contributed by atoms with van der Waals surface area (Å²) in [4.78, 5) is -2.05. The van der Waals surface area contributed by atoms with Crippen LogP contribution in [0.15, 0.2) is 0 Å². The first-order valence-corrected chi connectivity index (χ1v) is 11.5. The summed E-state index contributed by atoms with van der Waals surface area (Å²) in [5, 5.41) is 10.3. The second-order valence-electron chi connectivity index (χ2n) is 7.14. The van der Waals surface area contributed by atoms with Gasteiger partial charge in [0.1, 0.15) is 10.1 Å². The number of unbranched alkanes of at least 4 members (excludes halogenated alkanes) is 12. The van der Waals surface area contributed by atoms with Gasteiger partial charge in [-0.25, -0.2) is 8.42 Å². The molecule has 0 aliphatic carbocycles. The smallest absolute Gasteiger partial charge is 0.746 e. The van der Waals surface area contributed by atoms with Crippen molar-refractivity contribution in [2.45, 2.75) is 122 Å². The Morgan fingerprint density at radius 1 is 0.680 bits per heavy atom. The van der Waals surface area contributed by atoms with Crippen molar-refractivity contribution in [3.05, 3.63) is 0 Å². The molecule has 0 bridgehead atoms. The molecule has 0 rings (SSSR count). The molecular weight excluding hydrogens is 347 g/mol. The zero-order valence-electron chi connectivity index (χ0n) is 16.9. The standard InChI is InChI=1S/C19H40O4S.Na/c1-3-5-7-9-10-11-12-13-14-16-18-19(20,24(21,22)23)17-15-8-6-4-2;/h20H,3-18H2,1-2H3,(H,21,22,23);/q;+1/p-1. The van der Waals surface area contributed by atoms with Crippen molar-refractivity contribution in [2.24, 2.45) is 0 Å². The fraction of sp³-hybridized carbons (Fsp3) is 1.00. The molecule has 6 heteroatoms. The summed E-state index contributed by atoms with van der Waals surface area (Å²) >= 11 is 0. The van der Waals surface area contributed by atoms with E-state index in [0.29, 0.717) is 12.8 Å². The quantitative estimate of drug-likeness (QED) is 0.237. The van der Waals surface area contributed by atoms with Gasteiger partial charge in [-0.15, -0.1) is 0 Å². The van der Waals surface area contributed by atoms with Crippen molar-refractivity contribution in [3.63, 3.8) is 0 Å². The van der Waals surface area contributed by atoms with E-state index in [4.69, 9.17) is 0 Å². The van der Waals surface area contributed by atoms with Crippen LogP contribution in [-0.4, -0.2) is 23.0 Å². The molecule has 0 radical (unpaired) electrons. The van der Waals surface area contributed by atoms with Gasteiger partial charge in [0.2, 0.25) is 0 Å². The normalized spacial score (nSPS) is 14.1. The minimum atomic E-state index is -4.66. The molecule has 0 spiro atoms. The van der Waals surface area contributed by atoms with E-state index in [-0.39, 0.29) is 42.4 Å². The molecule has 0 aromatic carbocycles. The first-order chi connectivity index (χ1) is 11.4. The summed E-state index contributed by atoms with van der Waals surface area (Å²) < 4.78 is 34.2. The maximum Gasteiger partial charge on any atom is 1.00 e. The zero-order valence-corrected chi connectivity index (χ0v) is 19.7. The van der Waals surface area contributed by atoms with Gasteiger partial charge in [-0.2, -0.15) is 0 Å². The topological polar surface area (TPSA) is 77.4 Å². The molecule has 0 saturated carbocycles. The van der Waals surface area contributed by atoms with Crippen LogP contribution in [0, 0.1) is 0 Å². The van der Waals surface area contributed by atoms with Crippen LogP contribution in [0.3, 0.4) is 0 Å². The van der Waals surface area contributed by atoms with Gasteiger partial charge in [0.15, 0.2) is 4.93 Å². The third kappa shape index (κ3) is 14.6. The SMILES string of the molecule is CCCCCCCCCCCCC(O)(CCCCCC)S(=O)(=O)[O-].[Na+]. The van der Waals surface area contributed by atoms with Crippen LogP contribution >= 0.6 is 0 Å². The van der Waals surface area contributed by atoms with Crippen LogP contribution in [-0.2, 0) is 10.1 Å². The van der Waals surface area contributed by atoms with E-state index in [1.807, 2.05) is 0 Å². The van der Waals surface area contributed by atoms with Crippen LogP contribution in [0.2, 0.25) is 0 Å². The molecule has 1 N–H and O–H groups in total. The molecule has 4 nitrogen and oxygen atoms in total.